The van der Waals surface area contributed by atoms with Crippen LogP contribution in [-0.4, -0.2) is 63.2 Å². The lowest BCUT2D eigenvalue weighted by Crippen LogP contribution is -2.55. The number of hydrogen-bond acceptors (Lipinski definition) is 8. The van der Waals surface area contributed by atoms with Crippen LogP contribution in [0.1, 0.15) is 19.3 Å². The Labute approximate surface area is 194 Å². The Hall–Kier alpha value is -2.02. The van der Waals surface area contributed by atoms with E-state index in [1.54, 1.807) is 17.3 Å². The average Bonchev–Trinajstić information content (AvgIpc) is 3.23. The molecular weight excluding hydrogens is 486 g/mol. The van der Waals surface area contributed by atoms with Crippen molar-refractivity contribution in [2.75, 3.05) is 30.3 Å². The second-order valence-corrected chi connectivity index (χ2v) is 10.3. The van der Waals surface area contributed by atoms with E-state index in [9.17, 15) is 22.0 Å². The van der Waals surface area contributed by atoms with Gasteiger partial charge in [-0.25, -0.2) is 22.2 Å². The molecule has 1 saturated carbocycles. The highest BCUT2D eigenvalue weighted by Crippen LogP contribution is 2.33. The largest absolute Gasteiger partial charge is 0.463 e. The molecule has 3 atom stereocenters. The number of nitrogens with one attached hydrogen (secondary N) is 2. The van der Waals surface area contributed by atoms with Crippen molar-refractivity contribution in [3.63, 3.8) is 0 Å². The van der Waals surface area contributed by atoms with Crippen molar-refractivity contribution in [2.45, 2.75) is 42.3 Å². The van der Waals surface area contributed by atoms with Crippen molar-refractivity contribution < 1.29 is 26.7 Å². The molecule has 0 saturated heterocycles. The maximum Gasteiger partial charge on any atom is 0.293 e. The van der Waals surface area contributed by atoms with Crippen molar-refractivity contribution >= 4 is 50.3 Å². The quantitative estimate of drug-likeness (QED) is 0.473. The van der Waals surface area contributed by atoms with Crippen molar-refractivity contribution in [1.82, 2.24) is 9.88 Å². The van der Waals surface area contributed by atoms with Gasteiger partial charge < -0.3 is 10.1 Å². The second kappa shape index (κ2) is 10.7. The van der Waals surface area contributed by atoms with Crippen LogP contribution in [0.2, 0.25) is 5.02 Å². The number of alkyl halides is 1. The molecule has 176 valence electrons. The van der Waals surface area contributed by atoms with Crippen LogP contribution in [0.25, 0.3) is 0 Å². The lowest BCUT2D eigenvalue weighted by Gasteiger charge is -2.42. The fraction of sp³-hybridized carbons (Fsp3) is 0.474. The summed E-state index contributed by atoms with van der Waals surface area (Å²) in [4.78, 5) is 15.9. The highest BCUT2D eigenvalue weighted by Gasteiger charge is 2.38. The van der Waals surface area contributed by atoms with Gasteiger partial charge in [0.25, 0.3) is 16.5 Å². The van der Waals surface area contributed by atoms with Gasteiger partial charge in [-0.15, -0.1) is 11.3 Å². The lowest BCUT2D eigenvalue weighted by molar-refractivity contribution is -0.139. The molecule has 32 heavy (non-hydrogen) atoms. The van der Waals surface area contributed by atoms with Gasteiger partial charge in [-0.3, -0.25) is 14.4 Å². The minimum atomic E-state index is -4.23. The van der Waals surface area contributed by atoms with Crippen LogP contribution < -0.4 is 10.0 Å². The third-order valence-electron chi connectivity index (χ3n) is 5.28. The fourth-order valence-corrected chi connectivity index (χ4v) is 6.04. The van der Waals surface area contributed by atoms with Gasteiger partial charge >= 0.3 is 0 Å². The van der Waals surface area contributed by atoms with Crippen molar-refractivity contribution in [1.29, 1.82) is 0 Å². The van der Waals surface area contributed by atoms with Crippen molar-refractivity contribution in [2.24, 2.45) is 0 Å². The van der Waals surface area contributed by atoms with Gasteiger partial charge in [-0.05, 0) is 38.4 Å². The maximum atomic E-state index is 14.8. The van der Waals surface area contributed by atoms with Gasteiger partial charge in [-0.1, -0.05) is 11.6 Å². The van der Waals surface area contributed by atoms with E-state index in [1.807, 2.05) is 0 Å². The monoisotopic (exact) mass is 508 g/mol. The molecule has 13 heteroatoms. The third kappa shape index (κ3) is 5.66. The number of anilines is 2. The average molecular weight is 509 g/mol. The zero-order valence-corrected chi connectivity index (χ0v) is 19.5. The molecule has 1 aliphatic carbocycles. The van der Waals surface area contributed by atoms with E-state index in [4.69, 9.17) is 16.3 Å². The highest BCUT2D eigenvalue weighted by molar-refractivity contribution is 7.93. The molecule has 1 heterocycles. The summed E-state index contributed by atoms with van der Waals surface area (Å²) in [5, 5.41) is 4.81. The van der Waals surface area contributed by atoms with E-state index in [1.165, 1.54) is 6.20 Å². The first-order valence-electron chi connectivity index (χ1n) is 9.80. The maximum absolute atomic E-state index is 14.8. The normalized spacial score (nSPS) is 21.3. The number of likely N-dealkylation sites (N-methyl/N-ethyl adjacent to an activating group) is 1. The summed E-state index contributed by atoms with van der Waals surface area (Å²) in [6.45, 7) is -0.0874. The number of carbonyl (C=O) groups is 1. The summed E-state index contributed by atoms with van der Waals surface area (Å²) in [7, 11) is -2.52. The molecule has 0 amide bonds. The number of hydrogen-bond donors (Lipinski definition) is 2. The molecule has 3 rings (SSSR count). The fourth-order valence-electron chi connectivity index (χ4n) is 3.88. The molecule has 0 spiro atoms. The molecule has 1 aromatic carbocycles. The molecule has 0 aliphatic heterocycles. The van der Waals surface area contributed by atoms with Crippen molar-refractivity contribution in [3.8, 4) is 0 Å². The van der Waals surface area contributed by atoms with E-state index >= 15 is 0 Å². The number of aromatic nitrogens is 1. The molecule has 0 radical (unpaired) electrons. The van der Waals surface area contributed by atoms with Gasteiger partial charge in [0, 0.05) is 24.2 Å². The first-order chi connectivity index (χ1) is 15.3. The van der Waals surface area contributed by atoms with Crippen molar-refractivity contribution in [3.05, 3.63) is 34.5 Å². The summed E-state index contributed by atoms with van der Waals surface area (Å²) in [5.41, 5.74) is 0.188. The molecule has 8 nitrogen and oxygen atoms in total. The van der Waals surface area contributed by atoms with Crippen LogP contribution >= 0.6 is 22.9 Å². The predicted octanol–water partition coefficient (Wildman–Crippen LogP) is 3.51. The topological polar surface area (TPSA) is 101 Å². The van der Waals surface area contributed by atoms with Gasteiger partial charge in [0.2, 0.25) is 0 Å². The molecular formula is C19H23ClF2N4O4S2. The van der Waals surface area contributed by atoms with E-state index in [-0.39, 0.29) is 34.5 Å². The third-order valence-corrected chi connectivity index (χ3v) is 7.76. The Morgan fingerprint density at radius 3 is 2.84 bits per heavy atom. The minimum absolute atomic E-state index is 0.00348. The lowest BCUT2D eigenvalue weighted by atomic mass is 9.86. The van der Waals surface area contributed by atoms with Gasteiger partial charge in [0.1, 0.15) is 23.5 Å². The first-order valence-corrected chi connectivity index (χ1v) is 12.5. The molecule has 2 N–H and O–H groups in total. The van der Waals surface area contributed by atoms with Crippen LogP contribution in [0.3, 0.4) is 0 Å². The summed E-state index contributed by atoms with van der Waals surface area (Å²) < 4.78 is 60.3. The Morgan fingerprint density at radius 2 is 2.19 bits per heavy atom. The predicted molar refractivity (Wildman–Crippen MR) is 119 cm³/mol. The summed E-state index contributed by atoms with van der Waals surface area (Å²) in [6, 6.07) is 1.32. The molecule has 1 aliphatic rings. The highest BCUT2D eigenvalue weighted by atomic mass is 35.5. The molecule has 1 unspecified atom stereocenters. The minimum Gasteiger partial charge on any atom is -0.463 e. The number of rotatable bonds is 10. The molecule has 2 aromatic rings. The molecule has 1 fully saturated rings. The number of benzene rings is 1. The second-order valence-electron chi connectivity index (χ2n) is 7.32. The molecule has 1 aromatic heterocycles. The van der Waals surface area contributed by atoms with Gasteiger partial charge in [-0.2, -0.15) is 0 Å². The Morgan fingerprint density at radius 1 is 1.41 bits per heavy atom. The number of halogens is 3. The van der Waals surface area contributed by atoms with Crippen LogP contribution in [-0.2, 0) is 19.6 Å². The molecule has 0 bridgehead atoms. The van der Waals surface area contributed by atoms with Crippen LogP contribution in [0.5, 0.6) is 0 Å². The van der Waals surface area contributed by atoms with E-state index in [0.29, 0.717) is 19.3 Å². The Kier molecular flexibility index (Phi) is 8.26. The standard InChI is InChI=1S/C19H23ClF2N4O4S2/c1-26(7-5-21)18-14(3-2-4-16(18)30-11-27)24-15-10-13(22)17(9-12(15)20)32(28,29)25-19-23-6-8-31-19/h6,8-11,14,16,18,24H,2-5,7H2,1H3,(H,23,25)/t14-,16?,18+/m0/s1. The van der Waals surface area contributed by atoms with Gasteiger partial charge in [0.15, 0.2) is 5.13 Å². The van der Waals surface area contributed by atoms with Crippen LogP contribution in [0.15, 0.2) is 28.6 Å². The smallest absolute Gasteiger partial charge is 0.293 e. The number of ether oxygens (including phenoxy) is 1. The zero-order chi connectivity index (χ0) is 23.3. The number of thiazole rings is 1. The first kappa shape index (κ1) is 24.6. The number of sulfonamides is 1. The zero-order valence-electron chi connectivity index (χ0n) is 17.1. The summed E-state index contributed by atoms with van der Waals surface area (Å²) in [5.74, 6) is -0.994. The van der Waals surface area contributed by atoms with E-state index < -0.39 is 33.5 Å². The summed E-state index contributed by atoms with van der Waals surface area (Å²) >= 11 is 7.35. The van der Waals surface area contributed by atoms with E-state index in [0.717, 1.165) is 29.9 Å². The number of nitrogens with zero attached hydrogens (tertiary/aromatic N) is 2. The van der Waals surface area contributed by atoms with Crippen LogP contribution in [0, 0.1) is 5.82 Å². The van der Waals surface area contributed by atoms with E-state index in [2.05, 4.69) is 15.0 Å². The summed E-state index contributed by atoms with van der Waals surface area (Å²) in [6.07, 6.45) is 2.92. The van der Waals surface area contributed by atoms with Crippen LogP contribution in [0.4, 0.5) is 19.6 Å². The Balaban J connectivity index is 1.86. The number of carbonyl (C=O) groups excluding carboxylic acids is 1. The Bertz CT molecular complexity index is 1030. The van der Waals surface area contributed by atoms with Gasteiger partial charge in [0.05, 0.1) is 16.8 Å². The SMILES string of the molecule is CN(CCF)[C@H]1C(OC=O)CCC[C@@H]1Nc1cc(F)c(S(=O)(=O)Nc2nccs2)cc1Cl.